The van der Waals surface area contributed by atoms with Gasteiger partial charge in [-0.3, -0.25) is 5.10 Å². The van der Waals surface area contributed by atoms with Crippen LogP contribution < -0.4 is 19.5 Å². The van der Waals surface area contributed by atoms with Gasteiger partial charge >= 0.3 is 0 Å². The van der Waals surface area contributed by atoms with Crippen LogP contribution in [0.1, 0.15) is 0 Å². The first-order valence-electron chi connectivity index (χ1n) is 9.21. The number of nitrogens with one attached hydrogen (secondary N) is 2. The fourth-order valence-electron chi connectivity index (χ4n) is 3.47. The van der Waals surface area contributed by atoms with Gasteiger partial charge in [-0.25, -0.2) is 4.98 Å². The molecule has 0 aliphatic carbocycles. The van der Waals surface area contributed by atoms with Gasteiger partial charge in [-0.15, -0.1) is 0 Å². The molecular formula is C22H21ClN4O3. The number of fused-ring (bicyclic) bond motifs is 1. The van der Waals surface area contributed by atoms with Crippen LogP contribution in [0, 0.1) is 0 Å². The predicted octanol–water partition coefficient (Wildman–Crippen LogP) is 5.01. The highest BCUT2D eigenvalue weighted by Crippen LogP contribution is 2.42. The summed E-state index contributed by atoms with van der Waals surface area (Å²) < 4.78 is 16.4. The van der Waals surface area contributed by atoms with Gasteiger partial charge in [0.25, 0.3) is 0 Å². The van der Waals surface area contributed by atoms with Crippen molar-refractivity contribution in [1.82, 2.24) is 15.2 Å². The molecule has 154 valence electrons. The van der Waals surface area contributed by atoms with Crippen molar-refractivity contribution in [2.45, 2.75) is 0 Å². The van der Waals surface area contributed by atoms with Crippen molar-refractivity contribution < 1.29 is 14.2 Å². The lowest BCUT2D eigenvalue weighted by atomic mass is 10.0. The zero-order valence-electron chi connectivity index (χ0n) is 17.0. The van der Waals surface area contributed by atoms with Crippen LogP contribution in [0.3, 0.4) is 0 Å². The van der Waals surface area contributed by atoms with Crippen LogP contribution in [0.4, 0.5) is 5.69 Å². The molecular weight excluding hydrogens is 404 g/mol. The molecule has 2 heterocycles. The second kappa shape index (κ2) is 8.12. The minimum absolute atomic E-state index is 0.534. The number of ether oxygens (including phenoxy) is 3. The number of hydrogen-bond acceptors (Lipinski definition) is 6. The second-order valence-electron chi connectivity index (χ2n) is 6.55. The third-order valence-corrected chi connectivity index (χ3v) is 5.16. The monoisotopic (exact) mass is 424 g/mol. The van der Waals surface area contributed by atoms with Gasteiger partial charge in [0.2, 0.25) is 5.75 Å². The summed E-state index contributed by atoms with van der Waals surface area (Å²) in [5.74, 6) is 1.66. The fraction of sp³-hybridized carbons (Fsp3) is 0.182. The lowest BCUT2D eigenvalue weighted by Gasteiger charge is -2.14. The lowest BCUT2D eigenvalue weighted by Crippen LogP contribution is -1.96. The Bertz CT molecular complexity index is 1200. The zero-order valence-corrected chi connectivity index (χ0v) is 17.8. The molecule has 0 amide bonds. The molecule has 7 nitrogen and oxygen atoms in total. The summed E-state index contributed by atoms with van der Waals surface area (Å²) in [6.45, 7) is 0. The minimum Gasteiger partial charge on any atom is -0.493 e. The zero-order chi connectivity index (χ0) is 21.3. The van der Waals surface area contributed by atoms with Gasteiger partial charge in [-0.2, -0.15) is 5.10 Å². The molecule has 0 bridgehead atoms. The largest absolute Gasteiger partial charge is 0.493 e. The molecule has 0 atom stereocenters. The number of halogens is 1. The first-order chi connectivity index (χ1) is 14.6. The van der Waals surface area contributed by atoms with Crippen molar-refractivity contribution in [3.05, 3.63) is 47.6 Å². The quantitative estimate of drug-likeness (QED) is 0.452. The third-order valence-electron chi connectivity index (χ3n) is 4.92. The van der Waals surface area contributed by atoms with E-state index < -0.39 is 0 Å². The summed E-state index contributed by atoms with van der Waals surface area (Å²) in [4.78, 5) is 4.53. The molecule has 8 heteroatoms. The van der Waals surface area contributed by atoms with Crippen molar-refractivity contribution in [2.75, 3.05) is 33.7 Å². The highest BCUT2D eigenvalue weighted by molar-refractivity contribution is 6.31. The van der Waals surface area contributed by atoms with Crippen LogP contribution in [0.15, 0.2) is 42.6 Å². The Morgan fingerprint density at radius 1 is 0.933 bits per heavy atom. The van der Waals surface area contributed by atoms with E-state index in [1.165, 1.54) is 0 Å². The van der Waals surface area contributed by atoms with E-state index in [0.717, 1.165) is 33.5 Å². The molecule has 0 radical (unpaired) electrons. The van der Waals surface area contributed by atoms with Gasteiger partial charge in [0.1, 0.15) is 0 Å². The number of rotatable bonds is 6. The number of aromatic nitrogens is 3. The molecule has 0 unspecified atom stereocenters. The van der Waals surface area contributed by atoms with E-state index in [4.69, 9.17) is 25.8 Å². The Morgan fingerprint density at radius 3 is 2.30 bits per heavy atom. The molecule has 4 aromatic rings. The number of methoxy groups -OCH3 is 3. The highest BCUT2D eigenvalue weighted by atomic mass is 35.5. The van der Waals surface area contributed by atoms with E-state index in [1.807, 2.05) is 37.4 Å². The van der Waals surface area contributed by atoms with Crippen molar-refractivity contribution in [3.8, 4) is 39.6 Å². The Balaban J connectivity index is 1.89. The summed E-state index contributed by atoms with van der Waals surface area (Å²) in [5.41, 5.74) is 5.12. The van der Waals surface area contributed by atoms with Crippen molar-refractivity contribution in [2.24, 2.45) is 0 Å². The van der Waals surface area contributed by atoms with Crippen molar-refractivity contribution in [1.29, 1.82) is 0 Å². The van der Waals surface area contributed by atoms with Gasteiger partial charge in [0, 0.05) is 46.0 Å². The normalized spacial score (nSPS) is 10.8. The third kappa shape index (κ3) is 3.37. The Kier molecular flexibility index (Phi) is 5.37. The average Bonchev–Trinajstić information content (AvgIpc) is 3.21. The summed E-state index contributed by atoms with van der Waals surface area (Å²) >= 11 is 6.14. The summed E-state index contributed by atoms with van der Waals surface area (Å²) in [5, 5.41) is 12.2. The van der Waals surface area contributed by atoms with Crippen LogP contribution >= 0.6 is 11.6 Å². The maximum Gasteiger partial charge on any atom is 0.203 e. The highest BCUT2D eigenvalue weighted by Gasteiger charge is 2.18. The van der Waals surface area contributed by atoms with E-state index in [1.54, 1.807) is 27.5 Å². The summed E-state index contributed by atoms with van der Waals surface area (Å²) in [7, 11) is 6.62. The van der Waals surface area contributed by atoms with Crippen LogP contribution in [0.25, 0.3) is 33.4 Å². The molecule has 2 N–H and O–H groups in total. The smallest absolute Gasteiger partial charge is 0.203 e. The SMILES string of the molecule is CNc1cc(Cl)ccc1-c1cnc2n[nH]c(-c3cc(OC)c(OC)c(OC)c3)c2c1. The molecule has 30 heavy (non-hydrogen) atoms. The number of H-pyrrole nitrogens is 1. The van der Waals surface area contributed by atoms with Gasteiger partial charge < -0.3 is 19.5 Å². The van der Waals surface area contributed by atoms with Crippen molar-refractivity contribution in [3.63, 3.8) is 0 Å². The number of benzene rings is 2. The Morgan fingerprint density at radius 2 is 1.67 bits per heavy atom. The van der Waals surface area contributed by atoms with Crippen LogP contribution in [0.5, 0.6) is 17.2 Å². The molecule has 0 saturated carbocycles. The molecule has 0 saturated heterocycles. The molecule has 2 aromatic heterocycles. The summed E-state index contributed by atoms with van der Waals surface area (Å²) in [6, 6.07) is 11.5. The fourth-order valence-corrected chi connectivity index (χ4v) is 3.64. The molecule has 0 fully saturated rings. The van der Waals surface area contributed by atoms with E-state index in [2.05, 4.69) is 26.6 Å². The Labute approximate surface area is 178 Å². The molecule has 4 rings (SSSR count). The van der Waals surface area contributed by atoms with Crippen LogP contribution in [-0.4, -0.2) is 43.6 Å². The number of pyridine rings is 1. The number of aromatic amines is 1. The molecule has 2 aromatic carbocycles. The number of hydrogen-bond donors (Lipinski definition) is 2. The van der Waals surface area contributed by atoms with Gasteiger partial charge in [0.15, 0.2) is 17.1 Å². The maximum atomic E-state index is 6.14. The first-order valence-corrected chi connectivity index (χ1v) is 9.59. The lowest BCUT2D eigenvalue weighted by molar-refractivity contribution is 0.324. The van der Waals surface area contributed by atoms with E-state index in [-0.39, 0.29) is 0 Å². The van der Waals surface area contributed by atoms with E-state index >= 15 is 0 Å². The molecule has 0 aliphatic heterocycles. The molecule has 0 aliphatic rings. The van der Waals surface area contributed by atoms with Crippen LogP contribution in [-0.2, 0) is 0 Å². The Hall–Kier alpha value is -3.45. The van der Waals surface area contributed by atoms with Crippen LogP contribution in [0.2, 0.25) is 5.02 Å². The number of anilines is 1. The number of nitrogens with zero attached hydrogens (tertiary/aromatic N) is 2. The standard InChI is InChI=1S/C22H21ClN4O3/c1-24-17-10-14(23)5-6-15(17)13-7-16-20(26-27-22(16)25-11-13)12-8-18(28-2)21(30-4)19(9-12)29-3/h5-11,24H,1-4H3,(H,25,26,27). The van der Waals surface area contributed by atoms with Gasteiger partial charge in [-0.05, 0) is 30.3 Å². The van der Waals surface area contributed by atoms with Crippen molar-refractivity contribution >= 4 is 28.3 Å². The van der Waals surface area contributed by atoms with Gasteiger partial charge in [-0.1, -0.05) is 17.7 Å². The maximum absolute atomic E-state index is 6.14. The van der Waals surface area contributed by atoms with E-state index in [0.29, 0.717) is 27.9 Å². The van der Waals surface area contributed by atoms with Gasteiger partial charge in [0.05, 0.1) is 27.0 Å². The van der Waals surface area contributed by atoms with E-state index in [9.17, 15) is 0 Å². The molecule has 0 spiro atoms. The summed E-state index contributed by atoms with van der Waals surface area (Å²) in [6.07, 6.45) is 1.80. The topological polar surface area (TPSA) is 81.3 Å². The average molecular weight is 425 g/mol. The predicted molar refractivity (Wildman–Crippen MR) is 119 cm³/mol. The second-order valence-corrected chi connectivity index (χ2v) is 6.98. The first kappa shape index (κ1) is 19.8. The minimum atomic E-state index is 0.534.